The molecule has 0 spiro atoms. The fourth-order valence-corrected chi connectivity index (χ4v) is 4.58. The second kappa shape index (κ2) is 12.5. The number of carbonyl (C=O) groups is 2. The highest BCUT2D eigenvalue weighted by atomic mass is 35.5. The van der Waals surface area contributed by atoms with Gasteiger partial charge in [0.1, 0.15) is 5.75 Å². The molecule has 194 valence electrons. The molecule has 37 heavy (non-hydrogen) atoms. The average molecular weight is 523 g/mol. The Morgan fingerprint density at radius 2 is 1.51 bits per heavy atom. The highest BCUT2D eigenvalue weighted by molar-refractivity contribution is 6.34. The molecule has 1 aliphatic heterocycles. The smallest absolute Gasteiger partial charge is 0.257 e. The van der Waals surface area contributed by atoms with Gasteiger partial charge in [0.25, 0.3) is 11.8 Å². The van der Waals surface area contributed by atoms with E-state index < -0.39 is 0 Å². The number of nitrogens with zero attached hydrogens (tertiary/aromatic N) is 2. The van der Waals surface area contributed by atoms with Crippen molar-refractivity contribution in [3.63, 3.8) is 0 Å². The highest BCUT2D eigenvalue weighted by Gasteiger charge is 2.24. The normalized spacial score (nSPS) is 13.3. The lowest BCUT2D eigenvalue weighted by atomic mass is 10.1. The molecular weight excluding hydrogens is 492 g/mol. The summed E-state index contributed by atoms with van der Waals surface area (Å²) in [7, 11) is 3.26. The number of nitrogens with one attached hydrogen (secondary N) is 2. The minimum absolute atomic E-state index is 0.229. The number of hydrogen-bond acceptors (Lipinski definition) is 6. The summed E-state index contributed by atoms with van der Waals surface area (Å²) < 4.78 is 10.6. The number of rotatable bonds is 9. The Hall–Kier alpha value is -3.75. The zero-order valence-corrected chi connectivity index (χ0v) is 21.8. The van der Waals surface area contributed by atoms with Crippen molar-refractivity contribution >= 4 is 40.5 Å². The van der Waals surface area contributed by atoms with E-state index in [0.717, 1.165) is 43.3 Å². The van der Waals surface area contributed by atoms with Crippen LogP contribution in [0.2, 0.25) is 5.02 Å². The number of anilines is 3. The van der Waals surface area contributed by atoms with Crippen molar-refractivity contribution in [3.05, 3.63) is 82.9 Å². The first-order valence-electron chi connectivity index (χ1n) is 12.1. The number of methoxy groups -OCH3 is 2. The van der Waals surface area contributed by atoms with E-state index in [1.807, 2.05) is 30.3 Å². The molecule has 1 fully saturated rings. The van der Waals surface area contributed by atoms with Gasteiger partial charge in [0.05, 0.1) is 35.6 Å². The van der Waals surface area contributed by atoms with Crippen molar-refractivity contribution in [2.75, 3.05) is 68.7 Å². The van der Waals surface area contributed by atoms with E-state index in [9.17, 15) is 9.59 Å². The van der Waals surface area contributed by atoms with Crippen LogP contribution in [0.15, 0.2) is 66.7 Å². The predicted octanol–water partition coefficient (Wildman–Crippen LogP) is 4.30. The van der Waals surface area contributed by atoms with E-state index in [1.165, 1.54) is 0 Å². The second-order valence-corrected chi connectivity index (χ2v) is 8.97. The first-order valence-corrected chi connectivity index (χ1v) is 12.5. The van der Waals surface area contributed by atoms with Gasteiger partial charge in [-0.1, -0.05) is 35.9 Å². The van der Waals surface area contributed by atoms with E-state index in [1.54, 1.807) is 44.6 Å². The zero-order chi connectivity index (χ0) is 26.2. The van der Waals surface area contributed by atoms with Gasteiger partial charge >= 0.3 is 0 Å². The Bertz CT molecular complexity index is 1240. The minimum atomic E-state index is -0.338. The summed E-state index contributed by atoms with van der Waals surface area (Å²) in [6.07, 6.45) is 0. The number of piperazine rings is 1. The van der Waals surface area contributed by atoms with Gasteiger partial charge in [-0.25, -0.2) is 0 Å². The van der Waals surface area contributed by atoms with E-state index in [2.05, 4.69) is 26.5 Å². The van der Waals surface area contributed by atoms with E-state index in [-0.39, 0.29) is 11.8 Å². The van der Waals surface area contributed by atoms with Gasteiger partial charge in [-0.2, -0.15) is 0 Å². The van der Waals surface area contributed by atoms with Crippen molar-refractivity contribution < 1.29 is 19.1 Å². The third-order valence-corrected chi connectivity index (χ3v) is 6.59. The van der Waals surface area contributed by atoms with Crippen molar-refractivity contribution in [1.29, 1.82) is 0 Å². The molecule has 4 rings (SSSR count). The van der Waals surface area contributed by atoms with Crippen LogP contribution in [0.4, 0.5) is 17.1 Å². The van der Waals surface area contributed by atoms with Gasteiger partial charge in [0.2, 0.25) is 0 Å². The maximum atomic E-state index is 13.2. The Balaban J connectivity index is 1.54. The molecule has 9 heteroatoms. The van der Waals surface area contributed by atoms with Crippen LogP contribution in [0.5, 0.6) is 5.75 Å². The van der Waals surface area contributed by atoms with E-state index in [0.29, 0.717) is 35.0 Å². The lowest BCUT2D eigenvalue weighted by Gasteiger charge is -2.38. The Labute approximate surface area is 222 Å². The van der Waals surface area contributed by atoms with Crippen molar-refractivity contribution in [1.82, 2.24) is 5.32 Å². The van der Waals surface area contributed by atoms with Gasteiger partial charge in [-0.05, 0) is 42.5 Å². The minimum Gasteiger partial charge on any atom is -0.495 e. The summed E-state index contributed by atoms with van der Waals surface area (Å²) in [6, 6.07) is 20.2. The first-order chi connectivity index (χ1) is 18.0. The molecule has 3 aromatic rings. The van der Waals surface area contributed by atoms with Crippen LogP contribution in [0.3, 0.4) is 0 Å². The summed E-state index contributed by atoms with van der Waals surface area (Å²) >= 11 is 6.18. The van der Waals surface area contributed by atoms with Gasteiger partial charge in [-0.15, -0.1) is 0 Å². The summed E-state index contributed by atoms with van der Waals surface area (Å²) in [4.78, 5) is 30.4. The van der Waals surface area contributed by atoms with Crippen LogP contribution in [0.1, 0.15) is 20.7 Å². The van der Waals surface area contributed by atoms with Gasteiger partial charge in [0, 0.05) is 51.2 Å². The van der Waals surface area contributed by atoms with Gasteiger partial charge in [-0.3, -0.25) is 9.59 Å². The van der Waals surface area contributed by atoms with Crippen molar-refractivity contribution in [2.45, 2.75) is 0 Å². The van der Waals surface area contributed by atoms with Crippen LogP contribution in [-0.2, 0) is 4.74 Å². The fourth-order valence-electron chi connectivity index (χ4n) is 4.36. The number of halogens is 1. The lowest BCUT2D eigenvalue weighted by Crippen LogP contribution is -2.47. The molecule has 0 aromatic heterocycles. The molecule has 1 heterocycles. The molecule has 0 saturated carbocycles. The molecule has 0 radical (unpaired) electrons. The number of para-hydroxylation sites is 2. The van der Waals surface area contributed by atoms with E-state index in [4.69, 9.17) is 21.1 Å². The van der Waals surface area contributed by atoms with Gasteiger partial charge in [0.15, 0.2) is 0 Å². The molecule has 8 nitrogen and oxygen atoms in total. The number of amides is 2. The topological polar surface area (TPSA) is 83.1 Å². The summed E-state index contributed by atoms with van der Waals surface area (Å²) in [5.74, 6) is 0.273. The predicted molar refractivity (Wildman–Crippen MR) is 147 cm³/mol. The van der Waals surface area contributed by atoms with Crippen LogP contribution >= 0.6 is 11.6 Å². The molecule has 0 atom stereocenters. The fraction of sp³-hybridized carbons (Fsp3) is 0.286. The quantitative estimate of drug-likeness (QED) is 0.408. The van der Waals surface area contributed by atoms with Crippen LogP contribution in [0.25, 0.3) is 0 Å². The van der Waals surface area contributed by atoms with Crippen LogP contribution in [-0.4, -0.2) is 65.4 Å². The Kier molecular flexibility index (Phi) is 8.87. The molecule has 0 bridgehead atoms. The number of ether oxygens (including phenoxy) is 2. The van der Waals surface area contributed by atoms with Crippen LogP contribution in [0, 0.1) is 0 Å². The summed E-state index contributed by atoms with van der Waals surface area (Å²) in [5, 5.41) is 6.13. The molecule has 3 aromatic carbocycles. The van der Waals surface area contributed by atoms with E-state index >= 15 is 0 Å². The number of benzene rings is 3. The molecule has 2 N–H and O–H groups in total. The standard InChI is InChI=1S/C28H31ClN4O4/c1-36-18-13-30-27(34)22-19-20(31-28(35)21-7-3-4-8-23(21)29)11-12-24(22)32-14-16-33(17-15-32)25-9-5-6-10-26(25)37-2/h3-12,19H,13-18H2,1-2H3,(H,30,34)(H,31,35). The summed E-state index contributed by atoms with van der Waals surface area (Å²) in [5.41, 5.74) is 3.23. The van der Waals surface area contributed by atoms with Crippen molar-refractivity contribution in [3.8, 4) is 5.75 Å². The van der Waals surface area contributed by atoms with Crippen molar-refractivity contribution in [2.24, 2.45) is 0 Å². The molecule has 0 aliphatic carbocycles. The largest absolute Gasteiger partial charge is 0.495 e. The summed E-state index contributed by atoms with van der Waals surface area (Å²) in [6.45, 7) is 3.78. The highest BCUT2D eigenvalue weighted by Crippen LogP contribution is 2.31. The molecular formula is C28H31ClN4O4. The Morgan fingerprint density at radius 3 is 2.22 bits per heavy atom. The SMILES string of the molecule is COCCNC(=O)c1cc(NC(=O)c2ccccc2Cl)ccc1N1CCN(c2ccccc2OC)CC1. The number of hydrogen-bond donors (Lipinski definition) is 2. The monoisotopic (exact) mass is 522 g/mol. The molecule has 0 unspecified atom stereocenters. The first kappa shape index (κ1) is 26.3. The molecule has 1 saturated heterocycles. The Morgan fingerprint density at radius 1 is 0.838 bits per heavy atom. The van der Waals surface area contributed by atoms with Gasteiger partial charge < -0.3 is 29.9 Å². The van der Waals surface area contributed by atoms with Crippen LogP contribution < -0.4 is 25.2 Å². The average Bonchev–Trinajstić information content (AvgIpc) is 2.93. The maximum absolute atomic E-state index is 13.2. The third kappa shape index (κ3) is 6.34. The molecule has 2 amide bonds. The second-order valence-electron chi connectivity index (χ2n) is 8.56. The lowest BCUT2D eigenvalue weighted by molar-refractivity contribution is 0.0936. The number of carbonyl (C=O) groups excluding carboxylic acids is 2. The maximum Gasteiger partial charge on any atom is 0.257 e. The molecule has 1 aliphatic rings. The zero-order valence-electron chi connectivity index (χ0n) is 21.0. The third-order valence-electron chi connectivity index (χ3n) is 6.26.